The molecule has 2 heterocycles. The first kappa shape index (κ1) is 8.69. The van der Waals surface area contributed by atoms with Gasteiger partial charge >= 0.3 is 0 Å². The van der Waals surface area contributed by atoms with Gasteiger partial charge in [-0.25, -0.2) is 0 Å². The van der Waals surface area contributed by atoms with Crippen molar-refractivity contribution in [2.24, 2.45) is 0 Å². The van der Waals surface area contributed by atoms with Crippen LogP contribution in [0.1, 0.15) is 25.7 Å². The largest absolute Gasteiger partial charge is 0.299 e. The molecule has 2 aliphatic rings. The average Bonchev–Trinajstić information content (AvgIpc) is 2.53. The lowest BCUT2D eigenvalue weighted by Gasteiger charge is -2.29. The second-order valence-electron chi connectivity index (χ2n) is 3.78. The van der Waals surface area contributed by atoms with Crippen LogP contribution in [0.15, 0.2) is 0 Å². The van der Waals surface area contributed by atoms with Crippen molar-refractivity contribution in [3.63, 3.8) is 0 Å². The molecule has 0 aromatic rings. The van der Waals surface area contributed by atoms with E-state index in [1.54, 1.807) is 0 Å². The fourth-order valence-electron chi connectivity index (χ4n) is 2.12. The van der Waals surface area contributed by atoms with Gasteiger partial charge in [-0.1, -0.05) is 0 Å². The summed E-state index contributed by atoms with van der Waals surface area (Å²) in [6.45, 7) is 2.09. The highest BCUT2D eigenvalue weighted by atomic mass is 16.2. The van der Waals surface area contributed by atoms with Gasteiger partial charge in [0.25, 0.3) is 0 Å². The van der Waals surface area contributed by atoms with Crippen LogP contribution < -0.4 is 5.32 Å². The Morgan fingerprint density at radius 1 is 1.08 bits per heavy atom. The summed E-state index contributed by atoms with van der Waals surface area (Å²) < 4.78 is 0. The molecule has 2 fully saturated rings. The van der Waals surface area contributed by atoms with E-state index in [2.05, 4.69) is 10.2 Å². The van der Waals surface area contributed by atoms with Crippen molar-refractivity contribution >= 4 is 11.8 Å². The summed E-state index contributed by atoms with van der Waals surface area (Å²) in [4.78, 5) is 24.4. The molecule has 1 N–H and O–H groups in total. The SMILES string of the molecule is O=C1CC(N2CCCC2)CC(=O)N1. The van der Waals surface area contributed by atoms with E-state index in [-0.39, 0.29) is 17.9 Å². The Morgan fingerprint density at radius 3 is 2.15 bits per heavy atom. The number of carbonyl (C=O) groups is 2. The fourth-order valence-corrected chi connectivity index (χ4v) is 2.12. The minimum atomic E-state index is -0.117. The maximum Gasteiger partial charge on any atom is 0.228 e. The summed E-state index contributed by atoms with van der Waals surface area (Å²) in [6, 6.07) is 0.170. The predicted molar refractivity (Wildman–Crippen MR) is 47.0 cm³/mol. The fraction of sp³-hybridized carbons (Fsp3) is 0.778. The first-order chi connectivity index (χ1) is 6.25. The van der Waals surface area contributed by atoms with Gasteiger partial charge in [0.1, 0.15) is 0 Å². The highest BCUT2D eigenvalue weighted by molar-refractivity contribution is 5.98. The minimum absolute atomic E-state index is 0.117. The Hall–Kier alpha value is -0.900. The van der Waals surface area contributed by atoms with Crippen LogP contribution in [0.2, 0.25) is 0 Å². The van der Waals surface area contributed by atoms with E-state index in [0.29, 0.717) is 12.8 Å². The first-order valence-corrected chi connectivity index (χ1v) is 4.82. The van der Waals surface area contributed by atoms with Gasteiger partial charge in [0.2, 0.25) is 11.8 Å². The maximum atomic E-state index is 11.1. The molecule has 0 aromatic heterocycles. The molecule has 4 heteroatoms. The van der Waals surface area contributed by atoms with Crippen LogP contribution in [-0.2, 0) is 9.59 Å². The number of carbonyl (C=O) groups excluding carboxylic acids is 2. The predicted octanol–water partition coefficient (Wildman–Crippen LogP) is -0.113. The van der Waals surface area contributed by atoms with E-state index >= 15 is 0 Å². The normalized spacial score (nSPS) is 26.5. The third-order valence-electron chi connectivity index (χ3n) is 2.78. The minimum Gasteiger partial charge on any atom is -0.299 e. The van der Waals surface area contributed by atoms with Crippen molar-refractivity contribution in [2.75, 3.05) is 13.1 Å². The van der Waals surface area contributed by atoms with Crippen LogP contribution in [0.25, 0.3) is 0 Å². The molecule has 0 saturated carbocycles. The second-order valence-corrected chi connectivity index (χ2v) is 3.78. The summed E-state index contributed by atoms with van der Waals surface area (Å²) in [5.74, 6) is -0.235. The topological polar surface area (TPSA) is 49.4 Å². The summed E-state index contributed by atoms with van der Waals surface area (Å²) in [5.41, 5.74) is 0. The number of nitrogens with zero attached hydrogens (tertiary/aromatic N) is 1. The monoisotopic (exact) mass is 182 g/mol. The van der Waals surface area contributed by atoms with Gasteiger partial charge in [-0.2, -0.15) is 0 Å². The smallest absolute Gasteiger partial charge is 0.228 e. The lowest BCUT2D eigenvalue weighted by Crippen LogP contribution is -2.47. The van der Waals surface area contributed by atoms with E-state index in [0.717, 1.165) is 13.1 Å². The maximum absolute atomic E-state index is 11.1. The molecular formula is C9H14N2O2. The molecule has 2 saturated heterocycles. The van der Waals surface area contributed by atoms with Crippen molar-refractivity contribution in [1.29, 1.82) is 0 Å². The molecular weight excluding hydrogens is 168 g/mol. The lowest BCUT2D eigenvalue weighted by molar-refractivity contribution is -0.135. The molecule has 2 amide bonds. The molecule has 2 rings (SSSR count). The van der Waals surface area contributed by atoms with Crippen LogP contribution in [-0.4, -0.2) is 35.8 Å². The number of likely N-dealkylation sites (tertiary alicyclic amines) is 1. The molecule has 13 heavy (non-hydrogen) atoms. The van der Waals surface area contributed by atoms with Crippen molar-refractivity contribution in [1.82, 2.24) is 10.2 Å². The number of hydrogen-bond donors (Lipinski definition) is 1. The van der Waals surface area contributed by atoms with Crippen LogP contribution in [0.3, 0.4) is 0 Å². The summed E-state index contributed by atoms with van der Waals surface area (Å²) in [6.07, 6.45) is 3.39. The number of imide groups is 1. The number of amides is 2. The Bertz CT molecular complexity index is 218. The summed E-state index contributed by atoms with van der Waals surface area (Å²) in [5, 5.41) is 2.33. The van der Waals surface area contributed by atoms with Gasteiger partial charge < -0.3 is 0 Å². The van der Waals surface area contributed by atoms with Crippen LogP contribution in [0.4, 0.5) is 0 Å². The van der Waals surface area contributed by atoms with Crippen LogP contribution in [0.5, 0.6) is 0 Å². The molecule has 0 unspecified atom stereocenters. The lowest BCUT2D eigenvalue weighted by atomic mass is 10.0. The molecule has 4 nitrogen and oxygen atoms in total. The van der Waals surface area contributed by atoms with Crippen molar-refractivity contribution < 1.29 is 9.59 Å². The third kappa shape index (κ3) is 1.88. The first-order valence-electron chi connectivity index (χ1n) is 4.82. The van der Waals surface area contributed by atoms with E-state index in [9.17, 15) is 9.59 Å². The third-order valence-corrected chi connectivity index (χ3v) is 2.78. The Morgan fingerprint density at radius 2 is 1.62 bits per heavy atom. The Balaban J connectivity index is 1.97. The summed E-state index contributed by atoms with van der Waals surface area (Å²) in [7, 11) is 0. The van der Waals surface area contributed by atoms with E-state index in [1.165, 1.54) is 12.8 Å². The molecule has 72 valence electrons. The Labute approximate surface area is 77.3 Å². The van der Waals surface area contributed by atoms with E-state index in [4.69, 9.17) is 0 Å². The van der Waals surface area contributed by atoms with Crippen molar-refractivity contribution in [3.8, 4) is 0 Å². The van der Waals surface area contributed by atoms with Gasteiger partial charge in [0.15, 0.2) is 0 Å². The molecule has 0 spiro atoms. The van der Waals surface area contributed by atoms with Crippen LogP contribution >= 0.6 is 0 Å². The van der Waals surface area contributed by atoms with Gasteiger partial charge in [-0.3, -0.25) is 19.8 Å². The average molecular weight is 182 g/mol. The summed E-state index contributed by atoms with van der Waals surface area (Å²) >= 11 is 0. The number of nitrogens with one attached hydrogen (secondary N) is 1. The van der Waals surface area contributed by atoms with Crippen molar-refractivity contribution in [3.05, 3.63) is 0 Å². The molecule has 0 bridgehead atoms. The highest BCUT2D eigenvalue weighted by Crippen LogP contribution is 2.18. The number of piperidine rings is 1. The zero-order valence-corrected chi connectivity index (χ0v) is 7.58. The molecule has 0 aliphatic carbocycles. The van der Waals surface area contributed by atoms with Crippen molar-refractivity contribution in [2.45, 2.75) is 31.7 Å². The quantitative estimate of drug-likeness (QED) is 0.575. The van der Waals surface area contributed by atoms with Crippen LogP contribution in [0, 0.1) is 0 Å². The van der Waals surface area contributed by atoms with Gasteiger partial charge in [0, 0.05) is 18.9 Å². The van der Waals surface area contributed by atoms with Gasteiger partial charge in [0.05, 0.1) is 0 Å². The van der Waals surface area contributed by atoms with Gasteiger partial charge in [-0.15, -0.1) is 0 Å². The molecule has 0 atom stereocenters. The molecule has 0 aromatic carbocycles. The van der Waals surface area contributed by atoms with Gasteiger partial charge in [-0.05, 0) is 25.9 Å². The number of rotatable bonds is 1. The number of hydrogen-bond acceptors (Lipinski definition) is 3. The Kier molecular flexibility index (Phi) is 2.31. The second kappa shape index (κ2) is 3.46. The standard InChI is InChI=1S/C9H14N2O2/c12-8-5-7(6-9(13)10-8)11-3-1-2-4-11/h7H,1-6H2,(H,10,12,13). The van der Waals surface area contributed by atoms with E-state index in [1.807, 2.05) is 0 Å². The molecule has 2 aliphatic heterocycles. The van der Waals surface area contributed by atoms with E-state index < -0.39 is 0 Å². The molecule has 0 radical (unpaired) electrons. The highest BCUT2D eigenvalue weighted by Gasteiger charge is 2.30. The zero-order chi connectivity index (χ0) is 9.26. The zero-order valence-electron chi connectivity index (χ0n) is 7.58.